The molecule has 1 N–H and O–H groups in total. The number of rotatable bonds is 5. The molecule has 1 unspecified atom stereocenters. The molecule has 19 heavy (non-hydrogen) atoms. The molecule has 102 valence electrons. The van der Waals surface area contributed by atoms with Crippen molar-refractivity contribution in [2.45, 2.75) is 12.5 Å². The van der Waals surface area contributed by atoms with Crippen molar-refractivity contribution in [1.82, 2.24) is 15.1 Å². The van der Waals surface area contributed by atoms with E-state index in [4.69, 9.17) is 4.74 Å². The van der Waals surface area contributed by atoms with E-state index in [-0.39, 0.29) is 17.6 Å². The van der Waals surface area contributed by atoms with Gasteiger partial charge in [0, 0.05) is 13.2 Å². The smallest absolute Gasteiger partial charge is 0.165 e. The first kappa shape index (κ1) is 13.5. The van der Waals surface area contributed by atoms with Crippen LogP contribution in [-0.2, 0) is 13.5 Å². The van der Waals surface area contributed by atoms with E-state index in [0.29, 0.717) is 6.42 Å². The highest BCUT2D eigenvalue weighted by Crippen LogP contribution is 2.21. The lowest BCUT2D eigenvalue weighted by Gasteiger charge is -2.14. The van der Waals surface area contributed by atoms with E-state index in [0.717, 1.165) is 11.3 Å². The van der Waals surface area contributed by atoms with Crippen LogP contribution in [0.15, 0.2) is 30.5 Å². The van der Waals surface area contributed by atoms with Crippen molar-refractivity contribution in [1.29, 1.82) is 0 Å². The topological polar surface area (TPSA) is 39.1 Å². The molecule has 1 atom stereocenters. The lowest BCUT2D eigenvalue weighted by molar-refractivity contribution is 0.386. The molecule has 4 nitrogen and oxygen atoms in total. The molecule has 0 aliphatic heterocycles. The Hall–Kier alpha value is -1.88. The van der Waals surface area contributed by atoms with Gasteiger partial charge in [-0.25, -0.2) is 4.39 Å². The third-order valence-corrected chi connectivity index (χ3v) is 3.10. The summed E-state index contributed by atoms with van der Waals surface area (Å²) in [7, 11) is 5.21. The van der Waals surface area contributed by atoms with Gasteiger partial charge in [-0.1, -0.05) is 6.07 Å². The predicted octanol–water partition coefficient (Wildman–Crippen LogP) is 2.07. The number of nitrogens with zero attached hydrogens (tertiary/aromatic N) is 2. The molecule has 0 fully saturated rings. The number of aryl methyl sites for hydroxylation is 1. The first-order chi connectivity index (χ1) is 9.13. The second-order valence-electron chi connectivity index (χ2n) is 4.43. The van der Waals surface area contributed by atoms with Crippen LogP contribution in [0.1, 0.15) is 17.3 Å². The molecule has 0 amide bonds. The van der Waals surface area contributed by atoms with Crippen LogP contribution in [0.4, 0.5) is 4.39 Å². The van der Waals surface area contributed by atoms with Crippen LogP contribution in [-0.4, -0.2) is 23.9 Å². The Balaban J connectivity index is 2.16. The van der Waals surface area contributed by atoms with Gasteiger partial charge in [0.2, 0.25) is 0 Å². The summed E-state index contributed by atoms with van der Waals surface area (Å²) in [6, 6.07) is 7.05. The quantitative estimate of drug-likeness (QED) is 0.897. The third-order valence-electron chi connectivity index (χ3n) is 3.10. The molecule has 1 aromatic heterocycles. The summed E-state index contributed by atoms with van der Waals surface area (Å²) >= 11 is 0. The number of methoxy groups -OCH3 is 1. The molecule has 2 rings (SSSR count). The summed E-state index contributed by atoms with van der Waals surface area (Å²) in [6.45, 7) is 0. The standard InChI is InChI=1S/C14H18FN3O/c1-16-13(12-6-7-18(2)17-12)9-10-4-5-14(19-3)11(15)8-10/h4-8,13,16H,9H2,1-3H3. The van der Waals surface area contributed by atoms with Gasteiger partial charge < -0.3 is 10.1 Å². The number of aromatic nitrogens is 2. The van der Waals surface area contributed by atoms with Crippen molar-refractivity contribution in [3.8, 4) is 5.75 Å². The summed E-state index contributed by atoms with van der Waals surface area (Å²) in [4.78, 5) is 0. The molecule has 0 aliphatic carbocycles. The number of halogens is 1. The molecular weight excluding hydrogens is 245 g/mol. The number of hydrogen-bond donors (Lipinski definition) is 1. The van der Waals surface area contributed by atoms with Crippen LogP contribution < -0.4 is 10.1 Å². The summed E-state index contributed by atoms with van der Waals surface area (Å²) in [5, 5.41) is 7.57. The third kappa shape index (κ3) is 3.12. The summed E-state index contributed by atoms with van der Waals surface area (Å²) < 4.78 is 20.3. The molecule has 1 heterocycles. The minimum Gasteiger partial charge on any atom is -0.494 e. The van der Waals surface area contributed by atoms with Crippen LogP contribution in [0.25, 0.3) is 0 Å². The largest absolute Gasteiger partial charge is 0.494 e. The number of likely N-dealkylation sites (N-methyl/N-ethyl adjacent to an activating group) is 1. The van der Waals surface area contributed by atoms with Gasteiger partial charge in [-0.2, -0.15) is 5.10 Å². The van der Waals surface area contributed by atoms with Gasteiger partial charge in [0.25, 0.3) is 0 Å². The van der Waals surface area contributed by atoms with E-state index >= 15 is 0 Å². The Bertz CT molecular complexity index is 553. The Morgan fingerprint density at radius 3 is 2.74 bits per heavy atom. The summed E-state index contributed by atoms with van der Waals surface area (Å²) in [5.74, 6) is -0.0709. The zero-order valence-corrected chi connectivity index (χ0v) is 11.4. The zero-order valence-electron chi connectivity index (χ0n) is 11.4. The zero-order chi connectivity index (χ0) is 13.8. The maximum absolute atomic E-state index is 13.6. The second-order valence-corrected chi connectivity index (χ2v) is 4.43. The minimum atomic E-state index is -0.337. The van der Waals surface area contributed by atoms with Crippen molar-refractivity contribution >= 4 is 0 Å². The molecule has 0 saturated carbocycles. The van der Waals surface area contributed by atoms with Gasteiger partial charge in [0.1, 0.15) is 0 Å². The van der Waals surface area contributed by atoms with Crippen LogP contribution in [0.5, 0.6) is 5.75 Å². The van der Waals surface area contributed by atoms with Crippen LogP contribution in [0, 0.1) is 5.82 Å². The van der Waals surface area contributed by atoms with Crippen molar-refractivity contribution in [2.75, 3.05) is 14.2 Å². The van der Waals surface area contributed by atoms with E-state index < -0.39 is 0 Å². The molecular formula is C14H18FN3O. The number of nitrogens with one attached hydrogen (secondary N) is 1. The maximum Gasteiger partial charge on any atom is 0.165 e. The lowest BCUT2D eigenvalue weighted by Crippen LogP contribution is -2.19. The van der Waals surface area contributed by atoms with Crippen molar-refractivity contribution < 1.29 is 9.13 Å². The van der Waals surface area contributed by atoms with Gasteiger partial charge in [-0.15, -0.1) is 0 Å². The van der Waals surface area contributed by atoms with Crippen molar-refractivity contribution in [3.63, 3.8) is 0 Å². The molecule has 0 radical (unpaired) electrons. The molecule has 0 spiro atoms. The van der Waals surface area contributed by atoms with Crippen LogP contribution in [0.2, 0.25) is 0 Å². The Kier molecular flexibility index (Phi) is 4.16. The van der Waals surface area contributed by atoms with E-state index in [2.05, 4.69) is 10.4 Å². The fourth-order valence-electron chi connectivity index (χ4n) is 2.05. The Morgan fingerprint density at radius 1 is 1.42 bits per heavy atom. The van der Waals surface area contributed by atoms with Crippen molar-refractivity contribution in [2.24, 2.45) is 7.05 Å². The first-order valence-corrected chi connectivity index (χ1v) is 6.13. The SMILES string of the molecule is CNC(Cc1ccc(OC)c(F)c1)c1ccn(C)n1. The monoisotopic (exact) mass is 263 g/mol. The van der Waals surface area contributed by atoms with E-state index in [1.165, 1.54) is 13.2 Å². The average Bonchev–Trinajstić information content (AvgIpc) is 2.82. The van der Waals surface area contributed by atoms with Gasteiger partial charge >= 0.3 is 0 Å². The summed E-state index contributed by atoms with van der Waals surface area (Å²) in [6.07, 6.45) is 2.57. The van der Waals surface area contributed by atoms with Gasteiger partial charge in [0.05, 0.1) is 18.8 Å². The molecule has 0 saturated heterocycles. The molecule has 5 heteroatoms. The van der Waals surface area contributed by atoms with Gasteiger partial charge in [-0.3, -0.25) is 4.68 Å². The molecule has 2 aromatic rings. The molecule has 0 bridgehead atoms. The minimum absolute atomic E-state index is 0.0639. The lowest BCUT2D eigenvalue weighted by atomic mass is 10.0. The van der Waals surface area contributed by atoms with E-state index in [9.17, 15) is 4.39 Å². The fourth-order valence-corrected chi connectivity index (χ4v) is 2.05. The van der Waals surface area contributed by atoms with Gasteiger partial charge in [0.15, 0.2) is 11.6 Å². The molecule has 0 aliphatic rings. The molecule has 1 aromatic carbocycles. The number of ether oxygens (including phenoxy) is 1. The van der Waals surface area contributed by atoms with Crippen LogP contribution in [0.3, 0.4) is 0 Å². The van der Waals surface area contributed by atoms with Crippen molar-refractivity contribution in [3.05, 3.63) is 47.5 Å². The predicted molar refractivity (Wildman–Crippen MR) is 71.7 cm³/mol. The Morgan fingerprint density at radius 2 is 2.21 bits per heavy atom. The van der Waals surface area contributed by atoms with E-state index in [1.807, 2.05) is 32.4 Å². The fraction of sp³-hybridized carbons (Fsp3) is 0.357. The highest BCUT2D eigenvalue weighted by molar-refractivity contribution is 5.30. The maximum atomic E-state index is 13.6. The Labute approximate surface area is 112 Å². The average molecular weight is 263 g/mol. The first-order valence-electron chi connectivity index (χ1n) is 6.13. The number of hydrogen-bond acceptors (Lipinski definition) is 3. The number of benzene rings is 1. The van der Waals surface area contributed by atoms with Gasteiger partial charge in [-0.05, 0) is 37.2 Å². The van der Waals surface area contributed by atoms with E-state index in [1.54, 1.807) is 10.7 Å². The second kappa shape index (κ2) is 5.84. The van der Waals surface area contributed by atoms with Crippen LogP contribution >= 0.6 is 0 Å². The normalized spacial score (nSPS) is 12.4. The highest BCUT2D eigenvalue weighted by Gasteiger charge is 2.14. The summed E-state index contributed by atoms with van der Waals surface area (Å²) in [5.41, 5.74) is 1.85. The highest BCUT2D eigenvalue weighted by atomic mass is 19.1.